The highest BCUT2D eigenvalue weighted by Crippen LogP contribution is 2.25. The topological polar surface area (TPSA) is 74.8 Å². The summed E-state index contributed by atoms with van der Waals surface area (Å²) in [4.78, 5) is 25.6. The smallest absolute Gasteiger partial charge is 0.264 e. The first kappa shape index (κ1) is 24.1. The number of carbonyl (C=O) groups excluding carboxylic acids is 2. The normalized spacial score (nSPS) is 11.5. The molecule has 2 aromatic rings. The Morgan fingerprint density at radius 2 is 1.73 bits per heavy atom. The molecule has 0 unspecified atom stereocenters. The molecule has 0 saturated heterocycles. The van der Waals surface area contributed by atoms with Crippen LogP contribution in [0, 0.1) is 0 Å². The highest BCUT2D eigenvalue weighted by atomic mass is 32.2. The Kier molecular flexibility index (Phi) is 8.64. The first-order valence-corrected chi connectivity index (χ1v) is 12.1. The molecule has 0 spiro atoms. The van der Waals surface area contributed by atoms with Gasteiger partial charge in [0.2, 0.25) is 0 Å². The van der Waals surface area contributed by atoms with Crippen LogP contribution >= 0.6 is 11.8 Å². The van der Waals surface area contributed by atoms with Crippen LogP contribution < -0.4 is 4.31 Å². The summed E-state index contributed by atoms with van der Waals surface area (Å²) in [6.45, 7) is 4.30. The molecule has 0 aliphatic rings. The standard InChI is InChI=1S/C22H28N2O4S2/c1-5-24(20-10-6-8-18(14-20)12-13-23(3)4)30(27,28)21-11-7-9-19(15-21)22(26)16-29-17(2)25/h6-11,14-15H,5,12-13,16H2,1-4H3. The second-order valence-electron chi connectivity index (χ2n) is 7.12. The van der Waals surface area contributed by atoms with Crippen molar-refractivity contribution in [2.24, 2.45) is 0 Å². The Balaban J connectivity index is 2.32. The Hall–Kier alpha value is -2.16. The van der Waals surface area contributed by atoms with Crippen molar-refractivity contribution < 1.29 is 18.0 Å². The van der Waals surface area contributed by atoms with Gasteiger partial charge in [0.25, 0.3) is 10.0 Å². The third kappa shape index (κ3) is 6.42. The number of rotatable bonds is 10. The molecule has 162 valence electrons. The number of carbonyl (C=O) groups is 2. The fourth-order valence-electron chi connectivity index (χ4n) is 2.92. The van der Waals surface area contributed by atoms with Crippen molar-refractivity contribution in [2.75, 3.05) is 37.2 Å². The van der Waals surface area contributed by atoms with E-state index in [1.165, 1.54) is 23.4 Å². The minimum atomic E-state index is -3.84. The van der Waals surface area contributed by atoms with Crippen molar-refractivity contribution in [1.29, 1.82) is 0 Å². The van der Waals surface area contributed by atoms with Gasteiger partial charge in [0.15, 0.2) is 10.9 Å². The van der Waals surface area contributed by atoms with Gasteiger partial charge in [-0.05, 0) is 57.3 Å². The molecule has 0 heterocycles. The number of hydrogen-bond acceptors (Lipinski definition) is 6. The van der Waals surface area contributed by atoms with Crippen molar-refractivity contribution >= 4 is 38.4 Å². The number of Topliss-reactive ketones (excluding diaryl/α,β-unsaturated/α-hetero) is 1. The third-order valence-electron chi connectivity index (χ3n) is 4.48. The van der Waals surface area contributed by atoms with Crippen molar-refractivity contribution in [3.05, 3.63) is 59.7 Å². The maximum Gasteiger partial charge on any atom is 0.264 e. The van der Waals surface area contributed by atoms with Crippen LogP contribution in [0.25, 0.3) is 0 Å². The predicted molar refractivity (Wildman–Crippen MR) is 123 cm³/mol. The fourth-order valence-corrected chi connectivity index (χ4v) is 4.93. The van der Waals surface area contributed by atoms with E-state index < -0.39 is 10.0 Å². The van der Waals surface area contributed by atoms with E-state index in [-0.39, 0.29) is 33.7 Å². The van der Waals surface area contributed by atoms with E-state index in [2.05, 4.69) is 4.90 Å². The zero-order valence-corrected chi connectivity index (χ0v) is 19.4. The molecule has 0 aliphatic heterocycles. The van der Waals surface area contributed by atoms with E-state index in [4.69, 9.17) is 0 Å². The van der Waals surface area contributed by atoms with E-state index in [0.717, 1.165) is 30.3 Å². The first-order valence-electron chi connectivity index (χ1n) is 9.68. The highest BCUT2D eigenvalue weighted by molar-refractivity contribution is 8.14. The summed E-state index contributed by atoms with van der Waals surface area (Å²) in [6.07, 6.45) is 0.816. The SMILES string of the molecule is CCN(c1cccc(CCN(C)C)c1)S(=O)(=O)c1cccc(C(=O)CSC(C)=O)c1. The van der Waals surface area contributed by atoms with Gasteiger partial charge in [-0.15, -0.1) is 0 Å². The Morgan fingerprint density at radius 3 is 2.37 bits per heavy atom. The molecule has 0 N–H and O–H groups in total. The van der Waals surface area contributed by atoms with Crippen LogP contribution in [0.2, 0.25) is 0 Å². The van der Waals surface area contributed by atoms with Gasteiger partial charge in [0.05, 0.1) is 16.3 Å². The first-order chi connectivity index (χ1) is 14.1. The van der Waals surface area contributed by atoms with E-state index in [0.29, 0.717) is 5.69 Å². The summed E-state index contributed by atoms with van der Waals surface area (Å²) >= 11 is 0.912. The van der Waals surface area contributed by atoms with Crippen LogP contribution in [0.3, 0.4) is 0 Å². The van der Waals surface area contributed by atoms with Gasteiger partial charge in [-0.2, -0.15) is 0 Å². The molecule has 8 heteroatoms. The summed E-state index contributed by atoms with van der Waals surface area (Å²) in [5.41, 5.74) is 1.93. The molecule has 0 atom stereocenters. The lowest BCUT2D eigenvalue weighted by molar-refractivity contribution is -0.109. The van der Waals surface area contributed by atoms with Crippen LogP contribution in [0.15, 0.2) is 53.4 Å². The lowest BCUT2D eigenvalue weighted by Crippen LogP contribution is -2.31. The molecule has 0 aliphatic carbocycles. The number of sulfonamides is 1. The number of hydrogen-bond donors (Lipinski definition) is 0. The van der Waals surface area contributed by atoms with Crippen molar-refractivity contribution in [2.45, 2.75) is 25.2 Å². The molecular weight excluding hydrogens is 420 g/mol. The summed E-state index contributed by atoms with van der Waals surface area (Å²) in [5, 5.41) is -0.154. The largest absolute Gasteiger partial charge is 0.309 e. The summed E-state index contributed by atoms with van der Waals surface area (Å²) in [6, 6.07) is 13.5. The van der Waals surface area contributed by atoms with Crippen molar-refractivity contribution in [1.82, 2.24) is 4.90 Å². The van der Waals surface area contributed by atoms with E-state index in [1.807, 2.05) is 32.3 Å². The van der Waals surface area contributed by atoms with Gasteiger partial charge in [0.1, 0.15) is 0 Å². The summed E-state index contributed by atoms with van der Waals surface area (Å²) in [5.74, 6) is -0.287. The molecule has 0 bridgehead atoms. The molecule has 2 rings (SSSR count). The van der Waals surface area contributed by atoms with Gasteiger partial charge in [-0.3, -0.25) is 13.9 Å². The zero-order chi connectivity index (χ0) is 22.3. The molecule has 2 aromatic carbocycles. The lowest BCUT2D eigenvalue weighted by atomic mass is 10.1. The van der Waals surface area contributed by atoms with Gasteiger partial charge in [-0.1, -0.05) is 36.0 Å². The zero-order valence-electron chi connectivity index (χ0n) is 17.8. The maximum absolute atomic E-state index is 13.3. The van der Waals surface area contributed by atoms with E-state index in [1.54, 1.807) is 25.1 Å². The van der Waals surface area contributed by atoms with Gasteiger partial charge >= 0.3 is 0 Å². The third-order valence-corrected chi connectivity index (χ3v) is 7.20. The Bertz CT molecular complexity index is 1000. The quantitative estimate of drug-likeness (QED) is 0.518. The second-order valence-corrected chi connectivity index (χ2v) is 10.1. The second kappa shape index (κ2) is 10.7. The number of nitrogens with zero attached hydrogens (tertiary/aromatic N) is 2. The lowest BCUT2D eigenvalue weighted by Gasteiger charge is -2.24. The van der Waals surface area contributed by atoms with Crippen LogP contribution in [0.1, 0.15) is 29.8 Å². The summed E-state index contributed by atoms with van der Waals surface area (Å²) < 4.78 is 28.0. The minimum Gasteiger partial charge on any atom is -0.309 e. The fraction of sp³-hybridized carbons (Fsp3) is 0.364. The molecule has 30 heavy (non-hydrogen) atoms. The number of ketones is 1. The van der Waals surface area contributed by atoms with Gasteiger partial charge in [-0.25, -0.2) is 8.42 Å². The van der Waals surface area contributed by atoms with Gasteiger partial charge in [0, 0.05) is 25.6 Å². The van der Waals surface area contributed by atoms with E-state index >= 15 is 0 Å². The minimum absolute atomic E-state index is 0.00968. The maximum atomic E-state index is 13.3. The van der Waals surface area contributed by atoms with Crippen LogP contribution in [-0.4, -0.2) is 57.2 Å². The number of likely N-dealkylation sites (N-methyl/N-ethyl adjacent to an activating group) is 1. The molecule has 0 radical (unpaired) electrons. The summed E-state index contributed by atoms with van der Waals surface area (Å²) in [7, 11) is 0.149. The number of anilines is 1. The Labute approximate surface area is 183 Å². The molecular formula is C22H28N2O4S2. The average molecular weight is 449 g/mol. The van der Waals surface area contributed by atoms with E-state index in [9.17, 15) is 18.0 Å². The number of benzene rings is 2. The van der Waals surface area contributed by atoms with Crippen molar-refractivity contribution in [3.63, 3.8) is 0 Å². The molecule has 0 amide bonds. The molecule has 6 nitrogen and oxygen atoms in total. The van der Waals surface area contributed by atoms with Crippen molar-refractivity contribution in [3.8, 4) is 0 Å². The molecule has 0 aromatic heterocycles. The average Bonchev–Trinajstić information content (AvgIpc) is 2.71. The molecule has 0 fully saturated rings. The number of thioether (sulfide) groups is 1. The monoisotopic (exact) mass is 448 g/mol. The van der Waals surface area contributed by atoms with Crippen LogP contribution in [0.4, 0.5) is 5.69 Å². The van der Waals surface area contributed by atoms with Crippen LogP contribution in [-0.2, 0) is 21.2 Å². The van der Waals surface area contributed by atoms with Gasteiger partial charge < -0.3 is 4.90 Å². The molecule has 0 saturated carbocycles. The van der Waals surface area contributed by atoms with Crippen LogP contribution in [0.5, 0.6) is 0 Å². The highest BCUT2D eigenvalue weighted by Gasteiger charge is 2.24. The predicted octanol–water partition coefficient (Wildman–Crippen LogP) is 3.47. The Morgan fingerprint density at radius 1 is 1.03 bits per heavy atom.